The normalized spacial score (nSPS) is 11.4. The van der Waals surface area contributed by atoms with Crippen LogP contribution in [0.2, 0.25) is 0 Å². The lowest BCUT2D eigenvalue weighted by Gasteiger charge is -2.14. The van der Waals surface area contributed by atoms with Crippen molar-refractivity contribution in [1.82, 2.24) is 0 Å². The lowest BCUT2D eigenvalue weighted by atomic mass is 10.2. The van der Waals surface area contributed by atoms with Crippen LogP contribution in [0.15, 0.2) is 18.2 Å². The minimum Gasteiger partial charge on any atom is -0.493 e. The highest BCUT2D eigenvalue weighted by Crippen LogP contribution is 2.32. The molecule has 0 unspecified atom stereocenters. The van der Waals surface area contributed by atoms with Gasteiger partial charge in [-0.3, -0.25) is 0 Å². The molecule has 0 radical (unpaired) electrons. The van der Waals surface area contributed by atoms with Crippen molar-refractivity contribution in [3.63, 3.8) is 0 Å². The largest absolute Gasteiger partial charge is 0.493 e. The fourth-order valence-electron chi connectivity index (χ4n) is 1.44. The van der Waals surface area contributed by atoms with Gasteiger partial charge in [0.2, 0.25) is 0 Å². The third kappa shape index (κ3) is 4.76. The first-order valence-corrected chi connectivity index (χ1v) is 6.51. The van der Waals surface area contributed by atoms with E-state index < -0.39 is 12.6 Å². The third-order valence-electron chi connectivity index (χ3n) is 2.28. The maximum Gasteiger partial charge on any atom is 0.389 e. The predicted octanol–water partition coefficient (Wildman–Crippen LogP) is 4.31. The summed E-state index contributed by atoms with van der Waals surface area (Å²) in [4.78, 5) is 0. The van der Waals surface area contributed by atoms with Crippen LogP contribution in [0.25, 0.3) is 0 Å². The molecule has 18 heavy (non-hydrogen) atoms. The summed E-state index contributed by atoms with van der Waals surface area (Å²) in [6.45, 7) is 0.0138. The van der Waals surface area contributed by atoms with Crippen molar-refractivity contribution in [2.45, 2.75) is 24.3 Å². The highest BCUT2D eigenvalue weighted by molar-refractivity contribution is 9.08. The number of ether oxygens (including phenoxy) is 2. The Kier molecular flexibility index (Phi) is 5.78. The van der Waals surface area contributed by atoms with Crippen LogP contribution < -0.4 is 9.47 Å². The maximum absolute atomic E-state index is 12.0. The SMILES string of the molecule is COc1cccc(CBr)c1OCCCC(F)(F)F. The highest BCUT2D eigenvalue weighted by Gasteiger charge is 2.26. The molecule has 0 saturated carbocycles. The molecule has 0 fully saturated rings. The minimum atomic E-state index is -4.14. The summed E-state index contributed by atoms with van der Waals surface area (Å²) in [5.74, 6) is 1.03. The second kappa shape index (κ2) is 6.87. The molecule has 0 saturated heterocycles. The number of methoxy groups -OCH3 is 1. The maximum atomic E-state index is 12.0. The molecule has 2 nitrogen and oxygen atoms in total. The zero-order chi connectivity index (χ0) is 13.6. The second-order valence-corrected chi connectivity index (χ2v) is 4.21. The van der Waals surface area contributed by atoms with E-state index in [0.717, 1.165) is 5.56 Å². The van der Waals surface area contributed by atoms with E-state index in [0.29, 0.717) is 16.8 Å². The first-order chi connectivity index (χ1) is 8.48. The van der Waals surface area contributed by atoms with Gasteiger partial charge in [0.15, 0.2) is 11.5 Å². The number of rotatable bonds is 6. The van der Waals surface area contributed by atoms with E-state index in [4.69, 9.17) is 9.47 Å². The van der Waals surface area contributed by atoms with Gasteiger partial charge in [-0.15, -0.1) is 0 Å². The fourth-order valence-corrected chi connectivity index (χ4v) is 1.88. The van der Waals surface area contributed by atoms with Crippen molar-refractivity contribution in [3.8, 4) is 11.5 Å². The number of hydrogen-bond acceptors (Lipinski definition) is 2. The number of benzene rings is 1. The van der Waals surface area contributed by atoms with E-state index in [1.165, 1.54) is 7.11 Å². The first kappa shape index (κ1) is 15.1. The van der Waals surface area contributed by atoms with E-state index in [1.54, 1.807) is 12.1 Å². The summed E-state index contributed by atoms with van der Waals surface area (Å²) >= 11 is 3.30. The van der Waals surface area contributed by atoms with Crippen LogP contribution in [0.4, 0.5) is 13.2 Å². The Morgan fingerprint density at radius 2 is 2.00 bits per heavy atom. The lowest BCUT2D eigenvalue weighted by Crippen LogP contribution is -2.10. The number of para-hydroxylation sites is 1. The van der Waals surface area contributed by atoms with Gasteiger partial charge in [0.05, 0.1) is 13.7 Å². The Labute approximate surface area is 112 Å². The molecule has 102 valence electrons. The average Bonchev–Trinajstić information content (AvgIpc) is 2.33. The highest BCUT2D eigenvalue weighted by atomic mass is 79.9. The summed E-state index contributed by atoms with van der Waals surface area (Å²) in [6, 6.07) is 5.35. The van der Waals surface area contributed by atoms with E-state index in [-0.39, 0.29) is 13.0 Å². The third-order valence-corrected chi connectivity index (χ3v) is 2.88. The van der Waals surface area contributed by atoms with Crippen molar-refractivity contribution in [3.05, 3.63) is 23.8 Å². The molecule has 0 spiro atoms. The van der Waals surface area contributed by atoms with Crippen molar-refractivity contribution in [1.29, 1.82) is 0 Å². The van der Waals surface area contributed by atoms with Crippen LogP contribution in [-0.4, -0.2) is 19.9 Å². The molecule has 0 atom stereocenters. The Morgan fingerprint density at radius 1 is 1.28 bits per heavy atom. The first-order valence-electron chi connectivity index (χ1n) is 5.39. The van der Waals surface area contributed by atoms with Crippen LogP contribution in [0.3, 0.4) is 0 Å². The smallest absolute Gasteiger partial charge is 0.389 e. The molecule has 0 heterocycles. The van der Waals surface area contributed by atoms with Crippen LogP contribution in [0.5, 0.6) is 11.5 Å². The van der Waals surface area contributed by atoms with Crippen molar-refractivity contribution >= 4 is 15.9 Å². The van der Waals surface area contributed by atoms with Crippen molar-refractivity contribution in [2.24, 2.45) is 0 Å². The van der Waals surface area contributed by atoms with Gasteiger partial charge in [-0.25, -0.2) is 0 Å². The van der Waals surface area contributed by atoms with Gasteiger partial charge in [0.1, 0.15) is 0 Å². The molecular weight excluding hydrogens is 313 g/mol. The molecule has 1 aromatic rings. The Bertz CT molecular complexity index is 358. The van der Waals surface area contributed by atoms with Crippen LogP contribution in [0.1, 0.15) is 18.4 Å². The van der Waals surface area contributed by atoms with Crippen LogP contribution in [-0.2, 0) is 5.33 Å². The molecular formula is C12H14BrF3O2. The summed E-state index contributed by atoms with van der Waals surface area (Å²) in [7, 11) is 1.50. The molecule has 0 bridgehead atoms. The van der Waals surface area contributed by atoms with Gasteiger partial charge in [-0.2, -0.15) is 13.2 Å². The molecule has 0 aliphatic carbocycles. The molecule has 0 N–H and O–H groups in total. The van der Waals surface area contributed by atoms with Gasteiger partial charge in [-0.05, 0) is 12.5 Å². The predicted molar refractivity (Wildman–Crippen MR) is 66.4 cm³/mol. The van der Waals surface area contributed by atoms with Gasteiger partial charge in [0, 0.05) is 17.3 Å². The fraction of sp³-hybridized carbons (Fsp3) is 0.500. The monoisotopic (exact) mass is 326 g/mol. The summed E-state index contributed by atoms with van der Waals surface area (Å²) in [5, 5.41) is 0.554. The number of alkyl halides is 4. The average molecular weight is 327 g/mol. The van der Waals surface area contributed by atoms with Crippen molar-refractivity contribution in [2.75, 3.05) is 13.7 Å². The molecule has 0 amide bonds. The molecule has 0 aliphatic rings. The van der Waals surface area contributed by atoms with E-state index in [1.807, 2.05) is 6.07 Å². The molecule has 0 aromatic heterocycles. The van der Waals surface area contributed by atoms with Crippen LogP contribution in [0, 0.1) is 0 Å². The molecule has 0 aliphatic heterocycles. The van der Waals surface area contributed by atoms with E-state index in [9.17, 15) is 13.2 Å². The zero-order valence-corrected chi connectivity index (χ0v) is 11.5. The topological polar surface area (TPSA) is 18.5 Å². The minimum absolute atomic E-state index is 0.0138. The quantitative estimate of drug-likeness (QED) is 0.572. The Morgan fingerprint density at radius 3 is 2.56 bits per heavy atom. The number of hydrogen-bond donors (Lipinski definition) is 0. The van der Waals surface area contributed by atoms with Crippen molar-refractivity contribution < 1.29 is 22.6 Å². The van der Waals surface area contributed by atoms with E-state index >= 15 is 0 Å². The number of halogens is 4. The zero-order valence-electron chi connectivity index (χ0n) is 9.89. The second-order valence-electron chi connectivity index (χ2n) is 3.65. The van der Waals surface area contributed by atoms with E-state index in [2.05, 4.69) is 15.9 Å². The molecule has 1 aromatic carbocycles. The van der Waals surface area contributed by atoms with Gasteiger partial charge in [-0.1, -0.05) is 28.1 Å². The lowest BCUT2D eigenvalue weighted by molar-refractivity contribution is -0.136. The molecule has 1 rings (SSSR count). The van der Waals surface area contributed by atoms with Gasteiger partial charge in [0.25, 0.3) is 0 Å². The standard InChI is InChI=1S/C12H14BrF3O2/c1-17-10-5-2-4-9(8-13)11(10)18-7-3-6-12(14,15)16/h2,4-5H,3,6-8H2,1H3. The van der Waals surface area contributed by atoms with Gasteiger partial charge < -0.3 is 9.47 Å². The van der Waals surface area contributed by atoms with Crippen LogP contribution >= 0.6 is 15.9 Å². The summed E-state index contributed by atoms with van der Waals surface area (Å²) in [6.07, 6.45) is -5.04. The Hall–Kier alpha value is -0.910. The molecule has 6 heteroatoms. The summed E-state index contributed by atoms with van der Waals surface area (Å²) in [5.41, 5.74) is 0.848. The summed E-state index contributed by atoms with van der Waals surface area (Å²) < 4.78 is 46.5. The van der Waals surface area contributed by atoms with Gasteiger partial charge >= 0.3 is 6.18 Å². The Balaban J connectivity index is 2.60.